The second kappa shape index (κ2) is 9.93. The first-order valence-corrected chi connectivity index (χ1v) is 10.2. The first-order valence-electron chi connectivity index (χ1n) is 10.2. The SMILES string of the molecule is CN=C(NCc1ccc(CN2CCCN(C)CC2)cc1)NC1CCCC1. The molecule has 0 bridgehead atoms. The minimum absolute atomic E-state index is 0.594. The Balaban J connectivity index is 1.44. The molecule has 1 saturated carbocycles. The molecule has 5 nitrogen and oxygen atoms in total. The third kappa shape index (κ3) is 5.99. The zero-order chi connectivity index (χ0) is 18.2. The van der Waals surface area contributed by atoms with Gasteiger partial charge >= 0.3 is 0 Å². The normalized spacial score (nSPS) is 20.9. The number of likely N-dealkylation sites (N-methyl/N-ethyl adjacent to an activating group) is 1. The molecule has 5 heteroatoms. The molecule has 2 fully saturated rings. The summed E-state index contributed by atoms with van der Waals surface area (Å²) >= 11 is 0. The van der Waals surface area contributed by atoms with Crippen LogP contribution in [0.5, 0.6) is 0 Å². The second-order valence-corrected chi connectivity index (χ2v) is 7.80. The molecule has 0 aromatic heterocycles. The van der Waals surface area contributed by atoms with E-state index in [1.165, 1.54) is 69.4 Å². The number of rotatable bonds is 5. The molecule has 1 saturated heterocycles. The summed E-state index contributed by atoms with van der Waals surface area (Å²) < 4.78 is 0. The predicted molar refractivity (Wildman–Crippen MR) is 109 cm³/mol. The number of guanidine groups is 1. The zero-order valence-corrected chi connectivity index (χ0v) is 16.5. The second-order valence-electron chi connectivity index (χ2n) is 7.80. The van der Waals surface area contributed by atoms with Crippen LogP contribution < -0.4 is 10.6 Å². The third-order valence-electron chi connectivity index (χ3n) is 5.62. The quantitative estimate of drug-likeness (QED) is 0.627. The average Bonchev–Trinajstić information content (AvgIpc) is 3.09. The number of aliphatic imine (C=N–C) groups is 1. The van der Waals surface area contributed by atoms with Crippen LogP contribution in [0, 0.1) is 0 Å². The fraction of sp³-hybridized carbons (Fsp3) is 0.667. The first-order chi connectivity index (χ1) is 12.7. The van der Waals surface area contributed by atoms with Crippen molar-refractivity contribution in [2.75, 3.05) is 40.3 Å². The molecule has 1 aromatic carbocycles. The summed E-state index contributed by atoms with van der Waals surface area (Å²) in [5.41, 5.74) is 2.71. The number of nitrogens with one attached hydrogen (secondary N) is 2. The number of benzene rings is 1. The summed E-state index contributed by atoms with van der Waals surface area (Å²) in [7, 11) is 4.08. The van der Waals surface area contributed by atoms with Gasteiger partial charge in [0.05, 0.1) is 0 Å². The van der Waals surface area contributed by atoms with Crippen LogP contribution in [0.4, 0.5) is 0 Å². The Kier molecular flexibility index (Phi) is 7.32. The minimum atomic E-state index is 0.594. The Labute approximate surface area is 158 Å². The van der Waals surface area contributed by atoms with Crippen LogP contribution in [0.15, 0.2) is 29.3 Å². The molecule has 1 heterocycles. The fourth-order valence-electron chi connectivity index (χ4n) is 3.92. The maximum absolute atomic E-state index is 4.36. The van der Waals surface area contributed by atoms with Crippen LogP contribution in [0.3, 0.4) is 0 Å². The van der Waals surface area contributed by atoms with Gasteiger partial charge in [0, 0.05) is 39.3 Å². The van der Waals surface area contributed by atoms with Gasteiger partial charge in [-0.25, -0.2) is 0 Å². The van der Waals surface area contributed by atoms with E-state index in [0.29, 0.717) is 6.04 Å². The number of hydrogen-bond acceptors (Lipinski definition) is 3. The third-order valence-corrected chi connectivity index (χ3v) is 5.62. The van der Waals surface area contributed by atoms with Gasteiger partial charge in [-0.05, 0) is 50.5 Å². The van der Waals surface area contributed by atoms with Gasteiger partial charge in [0.15, 0.2) is 5.96 Å². The fourth-order valence-corrected chi connectivity index (χ4v) is 3.92. The first kappa shape index (κ1) is 19.2. The molecule has 1 aliphatic carbocycles. The van der Waals surface area contributed by atoms with Crippen LogP contribution >= 0.6 is 0 Å². The molecular weight excluding hydrogens is 322 g/mol. The van der Waals surface area contributed by atoms with E-state index < -0.39 is 0 Å². The summed E-state index contributed by atoms with van der Waals surface area (Å²) in [4.78, 5) is 9.37. The van der Waals surface area contributed by atoms with Gasteiger partial charge in [-0.15, -0.1) is 0 Å². The molecule has 144 valence electrons. The maximum Gasteiger partial charge on any atom is 0.191 e. The lowest BCUT2D eigenvalue weighted by Crippen LogP contribution is -2.41. The zero-order valence-electron chi connectivity index (χ0n) is 16.5. The van der Waals surface area contributed by atoms with Crippen LogP contribution in [-0.4, -0.2) is 62.1 Å². The Bertz CT molecular complexity index is 562. The highest BCUT2D eigenvalue weighted by Gasteiger charge is 2.16. The van der Waals surface area contributed by atoms with Crippen molar-refractivity contribution in [3.63, 3.8) is 0 Å². The molecule has 1 aromatic rings. The van der Waals surface area contributed by atoms with E-state index in [4.69, 9.17) is 0 Å². The number of nitrogens with zero attached hydrogens (tertiary/aromatic N) is 3. The van der Waals surface area contributed by atoms with E-state index in [1.54, 1.807) is 0 Å². The lowest BCUT2D eigenvalue weighted by Gasteiger charge is -2.20. The summed E-state index contributed by atoms with van der Waals surface area (Å²) in [6.45, 7) is 6.65. The summed E-state index contributed by atoms with van der Waals surface area (Å²) in [6.07, 6.45) is 6.47. The molecule has 26 heavy (non-hydrogen) atoms. The average molecular weight is 358 g/mol. The van der Waals surface area contributed by atoms with Gasteiger partial charge < -0.3 is 15.5 Å². The topological polar surface area (TPSA) is 42.9 Å². The summed E-state index contributed by atoms with van der Waals surface area (Å²) in [6, 6.07) is 9.64. The Hall–Kier alpha value is -1.59. The summed E-state index contributed by atoms with van der Waals surface area (Å²) in [5.74, 6) is 0.926. The van der Waals surface area contributed by atoms with E-state index in [2.05, 4.69) is 56.7 Å². The van der Waals surface area contributed by atoms with Crippen molar-refractivity contribution in [2.45, 2.75) is 51.2 Å². The highest BCUT2D eigenvalue weighted by atomic mass is 15.2. The van der Waals surface area contributed by atoms with Crippen LogP contribution in [0.2, 0.25) is 0 Å². The van der Waals surface area contributed by atoms with E-state index in [9.17, 15) is 0 Å². The molecule has 2 N–H and O–H groups in total. The molecule has 0 radical (unpaired) electrons. The van der Waals surface area contributed by atoms with Crippen molar-refractivity contribution in [2.24, 2.45) is 4.99 Å². The van der Waals surface area contributed by atoms with E-state index in [1.807, 2.05) is 7.05 Å². The molecule has 0 spiro atoms. The predicted octanol–water partition coefficient (Wildman–Crippen LogP) is 2.43. The highest BCUT2D eigenvalue weighted by molar-refractivity contribution is 5.79. The largest absolute Gasteiger partial charge is 0.354 e. The maximum atomic E-state index is 4.36. The van der Waals surface area contributed by atoms with Crippen molar-refractivity contribution in [3.05, 3.63) is 35.4 Å². The molecule has 3 rings (SSSR count). The Morgan fingerprint density at radius 1 is 1.00 bits per heavy atom. The highest BCUT2D eigenvalue weighted by Crippen LogP contribution is 2.17. The molecule has 0 atom stereocenters. The van der Waals surface area contributed by atoms with Gasteiger partial charge in [-0.2, -0.15) is 0 Å². The van der Waals surface area contributed by atoms with Crippen molar-refractivity contribution in [1.82, 2.24) is 20.4 Å². The van der Waals surface area contributed by atoms with Crippen molar-refractivity contribution >= 4 is 5.96 Å². The van der Waals surface area contributed by atoms with Crippen LogP contribution in [0.1, 0.15) is 43.2 Å². The molecule has 2 aliphatic rings. The Morgan fingerprint density at radius 2 is 1.73 bits per heavy atom. The van der Waals surface area contributed by atoms with Crippen LogP contribution in [0.25, 0.3) is 0 Å². The van der Waals surface area contributed by atoms with Crippen molar-refractivity contribution in [3.8, 4) is 0 Å². The van der Waals surface area contributed by atoms with E-state index in [0.717, 1.165) is 19.0 Å². The number of hydrogen-bond donors (Lipinski definition) is 2. The monoisotopic (exact) mass is 357 g/mol. The van der Waals surface area contributed by atoms with Gasteiger partial charge in [-0.3, -0.25) is 9.89 Å². The molecular formula is C21H35N5. The van der Waals surface area contributed by atoms with Crippen LogP contribution in [-0.2, 0) is 13.1 Å². The van der Waals surface area contributed by atoms with Gasteiger partial charge in [0.1, 0.15) is 0 Å². The van der Waals surface area contributed by atoms with E-state index in [-0.39, 0.29) is 0 Å². The standard InChI is InChI=1S/C21H35N5/c1-22-21(24-20-6-3-4-7-20)23-16-18-8-10-19(11-9-18)17-26-13-5-12-25(2)14-15-26/h8-11,20H,3-7,12-17H2,1-2H3,(H2,22,23,24). The Morgan fingerprint density at radius 3 is 2.46 bits per heavy atom. The molecule has 0 amide bonds. The lowest BCUT2D eigenvalue weighted by molar-refractivity contribution is 0.269. The van der Waals surface area contributed by atoms with Gasteiger partial charge in [0.25, 0.3) is 0 Å². The smallest absolute Gasteiger partial charge is 0.191 e. The molecule has 1 aliphatic heterocycles. The van der Waals surface area contributed by atoms with E-state index >= 15 is 0 Å². The lowest BCUT2D eigenvalue weighted by atomic mass is 10.1. The summed E-state index contributed by atoms with van der Waals surface area (Å²) in [5, 5.41) is 6.99. The van der Waals surface area contributed by atoms with Crippen molar-refractivity contribution < 1.29 is 0 Å². The van der Waals surface area contributed by atoms with Crippen molar-refractivity contribution in [1.29, 1.82) is 0 Å². The molecule has 0 unspecified atom stereocenters. The van der Waals surface area contributed by atoms with Gasteiger partial charge in [-0.1, -0.05) is 37.1 Å². The van der Waals surface area contributed by atoms with Gasteiger partial charge in [0.2, 0.25) is 0 Å². The minimum Gasteiger partial charge on any atom is -0.354 e.